The van der Waals surface area contributed by atoms with Crippen molar-refractivity contribution in [3.05, 3.63) is 149 Å². The minimum Gasteiger partial charge on any atom is -0.507 e. The Morgan fingerprint density at radius 1 is 0.622 bits per heavy atom. The number of aliphatic hydroxyl groups is 1. The fraction of sp³-hybridized carbons (Fsp3) is 0.397. The molecular weight excluding hydrogens is 1090 g/mol. The van der Waals surface area contributed by atoms with Crippen LogP contribution in [0.4, 0.5) is 21.8 Å². The summed E-state index contributed by atoms with van der Waals surface area (Å²) >= 11 is 5.85. The molecule has 0 aliphatic carbocycles. The average Bonchev–Trinajstić information content (AvgIpc) is 3.64. The number of phenols is 2. The van der Waals surface area contributed by atoms with Crippen molar-refractivity contribution in [1.82, 2.24) is 25.3 Å². The first-order valence-electron chi connectivity index (χ1n) is 26.5. The molecule has 0 atom stereocenters. The van der Waals surface area contributed by atoms with Gasteiger partial charge in [0.15, 0.2) is 19.4 Å². The molecule has 0 spiro atoms. The monoisotopic (exact) mass is 1160 g/mol. The predicted octanol–water partition coefficient (Wildman–Crippen LogP) is 6.27. The highest BCUT2D eigenvalue weighted by Crippen LogP contribution is 2.28. The smallest absolute Gasteiger partial charge is 0.342 e. The average molecular weight is 1160 g/mol. The summed E-state index contributed by atoms with van der Waals surface area (Å²) in [5, 5.41) is 31.3. The number of halogens is 2. The number of morpholine rings is 4. The fourth-order valence-electron chi connectivity index (χ4n) is 7.91. The minimum atomic E-state index is -0.795. The third-order valence-electron chi connectivity index (χ3n) is 12.0. The van der Waals surface area contributed by atoms with E-state index in [1.165, 1.54) is 37.6 Å². The number of carbonyl (C=O) groups excluding carboxylic acids is 3. The lowest BCUT2D eigenvalue weighted by molar-refractivity contribution is 0.0502. The molecule has 442 valence electrons. The van der Waals surface area contributed by atoms with Crippen LogP contribution in [0.25, 0.3) is 0 Å². The van der Waals surface area contributed by atoms with E-state index < -0.39 is 11.9 Å². The van der Waals surface area contributed by atoms with Crippen molar-refractivity contribution in [2.24, 2.45) is 0 Å². The Hall–Kier alpha value is -7.61. The van der Waals surface area contributed by atoms with Crippen molar-refractivity contribution >= 4 is 47.6 Å². The lowest BCUT2D eigenvalue weighted by atomic mass is 10.2. The van der Waals surface area contributed by atoms with Gasteiger partial charge in [0.25, 0.3) is 0 Å². The van der Waals surface area contributed by atoms with Crippen LogP contribution < -0.4 is 29.5 Å². The number of ether oxygens (including phenoxy) is 8. The molecule has 4 aliphatic heterocycles. The van der Waals surface area contributed by atoms with Gasteiger partial charge in [0.05, 0.1) is 83.1 Å². The quantitative estimate of drug-likeness (QED) is 0.0290. The van der Waals surface area contributed by atoms with Crippen molar-refractivity contribution in [2.45, 2.75) is 26.0 Å². The van der Waals surface area contributed by atoms with Crippen LogP contribution >= 0.6 is 11.6 Å². The molecule has 4 aromatic heterocycles. The molecule has 82 heavy (non-hydrogen) atoms. The van der Waals surface area contributed by atoms with Gasteiger partial charge in [-0.1, -0.05) is 30.3 Å². The highest BCUT2D eigenvalue weighted by atomic mass is 35.5. The zero-order valence-corrected chi connectivity index (χ0v) is 46.9. The van der Waals surface area contributed by atoms with Crippen molar-refractivity contribution in [3.8, 4) is 23.0 Å². The maximum Gasteiger partial charge on any atom is 0.342 e. The molecule has 0 saturated carbocycles. The first-order valence-corrected chi connectivity index (χ1v) is 27.0. The molecule has 0 amide bonds. The number of benzene rings is 2. The van der Waals surface area contributed by atoms with E-state index >= 15 is 0 Å². The Balaban J connectivity index is 0.000000187. The number of anilines is 3. The van der Waals surface area contributed by atoms with Gasteiger partial charge in [-0.05, 0) is 61.5 Å². The van der Waals surface area contributed by atoms with Crippen molar-refractivity contribution in [1.29, 1.82) is 0 Å². The number of esters is 1. The van der Waals surface area contributed by atoms with Gasteiger partial charge in [0.1, 0.15) is 52.6 Å². The number of hydrogen-bond acceptors (Lipinski definition) is 22. The fourth-order valence-corrected chi connectivity index (χ4v) is 8.11. The normalized spacial score (nSPS) is 14.6. The van der Waals surface area contributed by atoms with Crippen LogP contribution in [0, 0.1) is 5.95 Å². The molecule has 0 bridgehead atoms. The van der Waals surface area contributed by atoms with Gasteiger partial charge in [-0.2, -0.15) is 4.39 Å². The summed E-state index contributed by atoms with van der Waals surface area (Å²) in [6, 6.07) is 23.7. The van der Waals surface area contributed by atoms with Gasteiger partial charge in [-0.15, -0.1) is 11.6 Å². The van der Waals surface area contributed by atoms with E-state index in [0.717, 1.165) is 126 Å². The van der Waals surface area contributed by atoms with Crippen LogP contribution in [0.1, 0.15) is 54.7 Å². The second kappa shape index (κ2) is 38.2. The van der Waals surface area contributed by atoms with E-state index in [1.54, 1.807) is 49.8 Å². The number of alkyl halides is 1. The van der Waals surface area contributed by atoms with Crippen LogP contribution in [-0.4, -0.2) is 180 Å². The summed E-state index contributed by atoms with van der Waals surface area (Å²) in [6.07, 6.45) is 7.72. The van der Waals surface area contributed by atoms with Crippen molar-refractivity contribution in [2.75, 3.05) is 140 Å². The zero-order chi connectivity index (χ0) is 58.6. The second-order valence-corrected chi connectivity index (χ2v) is 17.7. The number of aromatic hydroxyl groups is 2. The number of pyridine rings is 4. The van der Waals surface area contributed by atoms with E-state index in [2.05, 4.69) is 49.4 Å². The van der Waals surface area contributed by atoms with E-state index in [4.69, 9.17) is 45.1 Å². The van der Waals surface area contributed by atoms with Crippen molar-refractivity contribution in [3.63, 3.8) is 0 Å². The molecule has 2 aromatic carbocycles. The largest absolute Gasteiger partial charge is 0.507 e. The van der Waals surface area contributed by atoms with Crippen LogP contribution in [0.3, 0.4) is 0 Å². The van der Waals surface area contributed by atoms with E-state index in [9.17, 15) is 29.0 Å². The zero-order valence-electron chi connectivity index (χ0n) is 46.1. The second-order valence-electron chi connectivity index (χ2n) is 17.4. The van der Waals surface area contributed by atoms with Gasteiger partial charge in [0, 0.05) is 101 Å². The number of carbonyl (C=O) groups is 3. The lowest BCUT2D eigenvalue weighted by Crippen LogP contribution is -2.37. The Morgan fingerprint density at radius 2 is 1.06 bits per heavy atom. The van der Waals surface area contributed by atoms with Crippen molar-refractivity contribution < 1.29 is 72.0 Å². The summed E-state index contributed by atoms with van der Waals surface area (Å²) in [5.74, 6) is 2.29. The molecule has 8 heterocycles. The van der Waals surface area contributed by atoms with Gasteiger partial charge in [-0.25, -0.2) is 24.7 Å². The summed E-state index contributed by atoms with van der Waals surface area (Å²) in [5.41, 5.74) is 3.07. The third-order valence-corrected chi connectivity index (χ3v) is 12.3. The number of methoxy groups -OCH3 is 1. The Morgan fingerprint density at radius 3 is 1.49 bits per heavy atom. The molecule has 4 saturated heterocycles. The van der Waals surface area contributed by atoms with Gasteiger partial charge in [0.2, 0.25) is 5.95 Å². The standard InChI is InChI=1S/C17H18N2O4.C10H13ClN2O.C10H14N2O2.C9H10O4.C8H8FNO2.C4H9NO/c20-11-14-15(21)4-1-5-16(14)23-12-13-3-2-6-18-17(13)19-7-9-22-10-8-19;11-8-9-2-1-3-12-10(9)13-4-6-14-7-5-13;13-8-9-2-1-3-11-10(9)12-4-6-14-7-5-12;1-12-6-13-9-4-2-3-8(11)7(9)5-10;1-2-12-8(11)6-4-3-5-10-7(6)9;1-3-6-4-2-5-1/h1-6,11,21H,7-10,12H2;1-3H,4-8H2;1-3,13H,4-8H2;2-5,11H,6H2,1H3;3-5H,2H2,1H3;5H,1-4H2. The molecular formula is C58H72ClFN8O14. The Kier molecular flexibility index (Phi) is 30.3. The number of aldehydes is 2. The first-order chi connectivity index (χ1) is 40.2. The number of phenolic OH excluding ortho intramolecular Hbond substituents is 2. The minimum absolute atomic E-state index is 0.0422. The molecule has 0 unspecified atom stereocenters. The molecule has 4 aliphatic rings. The molecule has 22 nitrogen and oxygen atoms in total. The van der Waals surface area contributed by atoms with Crippen LogP contribution in [0.15, 0.2) is 110 Å². The number of aliphatic hydroxyl groups excluding tert-OH is 1. The number of nitrogens with one attached hydrogen (secondary N) is 1. The Labute approximate surface area is 481 Å². The highest BCUT2D eigenvalue weighted by Gasteiger charge is 2.19. The number of aromatic nitrogens is 4. The maximum atomic E-state index is 12.8. The molecule has 6 aromatic rings. The summed E-state index contributed by atoms with van der Waals surface area (Å²) in [7, 11) is 1.48. The molecule has 24 heteroatoms. The third kappa shape index (κ3) is 21.7. The van der Waals surface area contributed by atoms with E-state index in [1.807, 2.05) is 36.4 Å². The SMILES string of the molecule is C1COCCN1.CCOC(=O)c1cccnc1F.COCOc1cccc(O)c1C=O.ClCc1cccnc1N1CCOCC1.O=Cc1c(O)cccc1OCc1cccnc1N1CCOCC1.OCc1cccnc1N1CCOCC1. The van der Waals surface area contributed by atoms with Crippen LogP contribution in [0.2, 0.25) is 0 Å². The highest BCUT2D eigenvalue weighted by molar-refractivity contribution is 6.17. The predicted molar refractivity (Wildman–Crippen MR) is 305 cm³/mol. The number of rotatable bonds is 15. The summed E-state index contributed by atoms with van der Waals surface area (Å²) < 4.78 is 53.7. The van der Waals surface area contributed by atoms with Gasteiger partial charge >= 0.3 is 5.97 Å². The van der Waals surface area contributed by atoms with E-state index in [-0.39, 0.29) is 54.8 Å². The van der Waals surface area contributed by atoms with Crippen LogP contribution in [0.5, 0.6) is 23.0 Å². The molecule has 0 radical (unpaired) electrons. The summed E-state index contributed by atoms with van der Waals surface area (Å²) in [4.78, 5) is 55.5. The van der Waals surface area contributed by atoms with Crippen LogP contribution in [-0.2, 0) is 47.5 Å². The maximum absolute atomic E-state index is 12.8. The lowest BCUT2D eigenvalue weighted by Gasteiger charge is -2.29. The summed E-state index contributed by atoms with van der Waals surface area (Å²) in [6.45, 7) is 15.5. The Bertz CT molecular complexity index is 2730. The number of nitrogens with zero attached hydrogens (tertiary/aromatic N) is 7. The molecule has 10 rings (SSSR count). The van der Waals surface area contributed by atoms with Gasteiger partial charge < -0.3 is 73.2 Å². The topological polar surface area (TPSA) is 259 Å². The van der Waals surface area contributed by atoms with E-state index in [0.29, 0.717) is 43.2 Å². The molecule has 4 N–H and O–H groups in total. The first kappa shape index (κ1) is 65.2. The van der Waals surface area contributed by atoms with Gasteiger partial charge in [-0.3, -0.25) is 9.59 Å². The molecule has 4 fully saturated rings. The number of hydrogen-bond donors (Lipinski definition) is 4.